The highest BCUT2D eigenvalue weighted by molar-refractivity contribution is 5.69. The van der Waals surface area contributed by atoms with Crippen molar-refractivity contribution in [3.05, 3.63) is 0 Å². The first-order valence-electron chi connectivity index (χ1n) is 9.17. The van der Waals surface area contributed by atoms with E-state index >= 15 is 0 Å². The van der Waals surface area contributed by atoms with E-state index in [9.17, 15) is 4.79 Å². The van der Waals surface area contributed by atoms with Crippen LogP contribution in [0, 0.1) is 0 Å². The van der Waals surface area contributed by atoms with Gasteiger partial charge in [-0.1, -0.05) is 58.3 Å². The van der Waals surface area contributed by atoms with E-state index in [1.165, 1.54) is 51.4 Å². The second-order valence-corrected chi connectivity index (χ2v) is 5.84. The molecule has 0 amide bonds. The predicted octanol–water partition coefficient (Wildman–Crippen LogP) is 4.84. The van der Waals surface area contributed by atoms with E-state index in [-0.39, 0.29) is 5.97 Å². The summed E-state index contributed by atoms with van der Waals surface area (Å²) in [7, 11) is 0. The quantitative estimate of drug-likeness (QED) is 0.327. The Hall–Kier alpha value is -0.570. The lowest BCUT2D eigenvalue weighted by molar-refractivity contribution is -0.143. The van der Waals surface area contributed by atoms with E-state index in [1.807, 2.05) is 6.92 Å². The van der Waals surface area contributed by atoms with Gasteiger partial charge < -0.3 is 10.1 Å². The molecule has 0 aliphatic rings. The van der Waals surface area contributed by atoms with E-state index in [4.69, 9.17) is 4.74 Å². The number of unbranched alkanes of at least 4 members (excludes halogenated alkanes) is 9. The summed E-state index contributed by atoms with van der Waals surface area (Å²) in [4.78, 5) is 11.1. The third-order valence-corrected chi connectivity index (χ3v) is 3.75. The van der Waals surface area contributed by atoms with Crippen LogP contribution >= 0.6 is 0 Å². The van der Waals surface area contributed by atoms with Gasteiger partial charge in [-0.05, 0) is 39.3 Å². The van der Waals surface area contributed by atoms with E-state index in [0.717, 1.165) is 32.4 Å². The first-order chi connectivity index (χ1) is 10.3. The Labute approximate surface area is 132 Å². The van der Waals surface area contributed by atoms with Crippen LogP contribution in [-0.2, 0) is 9.53 Å². The molecule has 0 bridgehead atoms. The van der Waals surface area contributed by atoms with Crippen molar-refractivity contribution in [3.8, 4) is 0 Å². The highest BCUT2D eigenvalue weighted by Crippen LogP contribution is 2.08. The maximum absolute atomic E-state index is 11.1. The van der Waals surface area contributed by atoms with Crippen LogP contribution in [0.2, 0.25) is 0 Å². The maximum Gasteiger partial charge on any atom is 0.305 e. The Bertz CT molecular complexity index is 219. The van der Waals surface area contributed by atoms with Crippen LogP contribution in [0.5, 0.6) is 0 Å². The molecule has 3 heteroatoms. The molecule has 0 atom stereocenters. The summed E-state index contributed by atoms with van der Waals surface area (Å²) in [5.41, 5.74) is 0. The fraction of sp³-hybridized carbons (Fsp3) is 0.944. The molecule has 0 spiro atoms. The largest absolute Gasteiger partial charge is 0.466 e. The van der Waals surface area contributed by atoms with Crippen LogP contribution in [-0.4, -0.2) is 25.7 Å². The third kappa shape index (κ3) is 17.4. The number of esters is 1. The Balaban J connectivity index is 3.01. The Morgan fingerprint density at radius 1 is 0.762 bits per heavy atom. The van der Waals surface area contributed by atoms with Gasteiger partial charge in [-0.3, -0.25) is 4.79 Å². The van der Waals surface area contributed by atoms with Gasteiger partial charge in [0.25, 0.3) is 0 Å². The predicted molar refractivity (Wildman–Crippen MR) is 90.6 cm³/mol. The molecule has 0 radical (unpaired) electrons. The van der Waals surface area contributed by atoms with Crippen LogP contribution in [0.1, 0.15) is 90.9 Å². The number of carbonyl (C=O) groups is 1. The Kier molecular flexibility index (Phi) is 17.0. The number of hydrogen-bond donors (Lipinski definition) is 1. The molecule has 0 saturated heterocycles. The summed E-state index contributed by atoms with van der Waals surface area (Å²) in [6, 6.07) is 0. The van der Waals surface area contributed by atoms with E-state index in [2.05, 4.69) is 12.2 Å². The number of rotatable bonds is 16. The fourth-order valence-electron chi connectivity index (χ4n) is 2.44. The number of nitrogens with one attached hydrogen (secondary N) is 1. The zero-order valence-corrected chi connectivity index (χ0v) is 14.4. The highest BCUT2D eigenvalue weighted by atomic mass is 16.5. The second-order valence-electron chi connectivity index (χ2n) is 5.84. The number of hydrogen-bond acceptors (Lipinski definition) is 3. The van der Waals surface area contributed by atoms with Crippen LogP contribution in [0.3, 0.4) is 0 Å². The molecule has 0 aromatic rings. The minimum atomic E-state index is -0.0515. The normalized spacial score (nSPS) is 10.8. The fourth-order valence-corrected chi connectivity index (χ4v) is 2.44. The number of ether oxygens (including phenoxy) is 1. The van der Waals surface area contributed by atoms with Crippen LogP contribution in [0.15, 0.2) is 0 Å². The van der Waals surface area contributed by atoms with Crippen molar-refractivity contribution in [2.24, 2.45) is 0 Å². The first kappa shape index (κ1) is 20.4. The van der Waals surface area contributed by atoms with Gasteiger partial charge in [-0.15, -0.1) is 0 Å². The van der Waals surface area contributed by atoms with Gasteiger partial charge in [0.1, 0.15) is 0 Å². The van der Waals surface area contributed by atoms with E-state index < -0.39 is 0 Å². The Morgan fingerprint density at radius 3 is 1.86 bits per heavy atom. The standard InChI is InChI=1S/C18H37NO2/c1-3-5-6-7-8-9-10-13-16-19-17-14-11-12-15-18(20)21-4-2/h19H,3-17H2,1-2H3. The minimum Gasteiger partial charge on any atom is -0.466 e. The first-order valence-corrected chi connectivity index (χ1v) is 9.17. The summed E-state index contributed by atoms with van der Waals surface area (Å²) in [5, 5.41) is 3.49. The van der Waals surface area contributed by atoms with Crippen LogP contribution in [0.25, 0.3) is 0 Å². The van der Waals surface area contributed by atoms with E-state index in [1.54, 1.807) is 0 Å². The summed E-state index contributed by atoms with van der Waals surface area (Å²) in [6.45, 7) is 6.85. The van der Waals surface area contributed by atoms with Crippen molar-refractivity contribution in [1.29, 1.82) is 0 Å². The summed E-state index contributed by atoms with van der Waals surface area (Å²) < 4.78 is 4.90. The van der Waals surface area contributed by atoms with Gasteiger partial charge in [0, 0.05) is 6.42 Å². The molecular weight excluding hydrogens is 262 g/mol. The van der Waals surface area contributed by atoms with Gasteiger partial charge in [-0.25, -0.2) is 0 Å². The van der Waals surface area contributed by atoms with Gasteiger partial charge in [0.2, 0.25) is 0 Å². The lowest BCUT2D eigenvalue weighted by Crippen LogP contribution is -2.16. The molecule has 0 aliphatic heterocycles. The summed E-state index contributed by atoms with van der Waals surface area (Å²) in [5.74, 6) is -0.0515. The molecule has 3 nitrogen and oxygen atoms in total. The topological polar surface area (TPSA) is 38.3 Å². The summed E-state index contributed by atoms with van der Waals surface area (Å²) in [6.07, 6.45) is 14.9. The zero-order chi connectivity index (χ0) is 15.6. The Morgan fingerprint density at radius 2 is 1.29 bits per heavy atom. The van der Waals surface area contributed by atoms with E-state index in [0.29, 0.717) is 13.0 Å². The SMILES string of the molecule is CCCCCCCCCCNCCCCCC(=O)OCC. The minimum absolute atomic E-state index is 0.0515. The lowest BCUT2D eigenvalue weighted by Gasteiger charge is -2.05. The third-order valence-electron chi connectivity index (χ3n) is 3.75. The van der Waals surface area contributed by atoms with Crippen LogP contribution < -0.4 is 5.32 Å². The molecule has 126 valence electrons. The van der Waals surface area contributed by atoms with Crippen molar-refractivity contribution in [1.82, 2.24) is 5.32 Å². The molecule has 0 heterocycles. The zero-order valence-electron chi connectivity index (χ0n) is 14.4. The number of carbonyl (C=O) groups excluding carboxylic acids is 1. The molecule has 0 aromatic carbocycles. The van der Waals surface area contributed by atoms with Gasteiger partial charge in [-0.2, -0.15) is 0 Å². The lowest BCUT2D eigenvalue weighted by atomic mass is 10.1. The monoisotopic (exact) mass is 299 g/mol. The van der Waals surface area contributed by atoms with Gasteiger partial charge in [0.05, 0.1) is 6.61 Å². The van der Waals surface area contributed by atoms with Crippen LogP contribution in [0.4, 0.5) is 0 Å². The molecule has 1 N–H and O–H groups in total. The molecule has 0 aliphatic carbocycles. The van der Waals surface area contributed by atoms with Gasteiger partial charge >= 0.3 is 5.97 Å². The average molecular weight is 299 g/mol. The van der Waals surface area contributed by atoms with Gasteiger partial charge in [0.15, 0.2) is 0 Å². The van der Waals surface area contributed by atoms with Crippen molar-refractivity contribution in [2.45, 2.75) is 90.9 Å². The molecule has 0 saturated carbocycles. The molecular formula is C18H37NO2. The highest BCUT2D eigenvalue weighted by Gasteiger charge is 2.00. The molecule has 0 rings (SSSR count). The smallest absolute Gasteiger partial charge is 0.305 e. The molecule has 0 fully saturated rings. The van der Waals surface area contributed by atoms with Crippen molar-refractivity contribution >= 4 is 5.97 Å². The van der Waals surface area contributed by atoms with Crippen molar-refractivity contribution in [3.63, 3.8) is 0 Å². The molecule has 21 heavy (non-hydrogen) atoms. The average Bonchev–Trinajstić information content (AvgIpc) is 2.48. The molecule has 0 aromatic heterocycles. The van der Waals surface area contributed by atoms with Crippen molar-refractivity contribution < 1.29 is 9.53 Å². The second kappa shape index (κ2) is 17.5. The van der Waals surface area contributed by atoms with Crippen molar-refractivity contribution in [2.75, 3.05) is 19.7 Å². The molecule has 0 unspecified atom stereocenters. The maximum atomic E-state index is 11.1. The summed E-state index contributed by atoms with van der Waals surface area (Å²) >= 11 is 0.